The standard InChI is InChI=1S/C19H29FN4/c1-21-19(22-10-5-7-16-6-4-8-17(20)14-16)24-13-9-18(15-24)23-11-2-3-12-23/h4,6,8,14,18H,2-3,5,7,9-13,15H2,1H3,(H,21,22). The molecule has 1 aromatic rings. The molecule has 1 atom stereocenters. The first-order valence-corrected chi connectivity index (χ1v) is 9.20. The summed E-state index contributed by atoms with van der Waals surface area (Å²) in [6.45, 7) is 5.57. The number of nitrogens with one attached hydrogen (secondary N) is 1. The zero-order chi connectivity index (χ0) is 16.8. The van der Waals surface area contributed by atoms with Gasteiger partial charge in [0.2, 0.25) is 0 Å². The van der Waals surface area contributed by atoms with Crippen molar-refractivity contribution in [1.82, 2.24) is 15.1 Å². The second kappa shape index (κ2) is 8.47. The van der Waals surface area contributed by atoms with E-state index in [0.717, 1.165) is 44.0 Å². The van der Waals surface area contributed by atoms with Crippen LogP contribution in [0.5, 0.6) is 0 Å². The van der Waals surface area contributed by atoms with Crippen molar-refractivity contribution in [1.29, 1.82) is 0 Å². The van der Waals surface area contributed by atoms with E-state index in [1.807, 2.05) is 13.1 Å². The lowest BCUT2D eigenvalue weighted by atomic mass is 10.1. The molecule has 4 nitrogen and oxygen atoms in total. The molecule has 0 aromatic heterocycles. The van der Waals surface area contributed by atoms with E-state index in [0.29, 0.717) is 6.04 Å². The molecule has 5 heteroatoms. The molecular formula is C19H29FN4. The third-order valence-electron chi connectivity index (χ3n) is 5.15. The maximum atomic E-state index is 13.2. The van der Waals surface area contributed by atoms with Crippen LogP contribution >= 0.6 is 0 Å². The van der Waals surface area contributed by atoms with Crippen LogP contribution in [-0.2, 0) is 6.42 Å². The van der Waals surface area contributed by atoms with Crippen molar-refractivity contribution >= 4 is 5.96 Å². The molecular weight excluding hydrogens is 303 g/mol. The number of rotatable bonds is 5. The fourth-order valence-corrected chi connectivity index (χ4v) is 3.86. The molecule has 0 amide bonds. The minimum atomic E-state index is -0.152. The summed E-state index contributed by atoms with van der Waals surface area (Å²) < 4.78 is 13.2. The van der Waals surface area contributed by atoms with Crippen molar-refractivity contribution in [3.63, 3.8) is 0 Å². The van der Waals surface area contributed by atoms with E-state index in [1.165, 1.54) is 38.4 Å². The molecule has 1 aromatic carbocycles. The van der Waals surface area contributed by atoms with Gasteiger partial charge >= 0.3 is 0 Å². The van der Waals surface area contributed by atoms with E-state index in [4.69, 9.17) is 0 Å². The van der Waals surface area contributed by atoms with E-state index in [2.05, 4.69) is 20.1 Å². The summed E-state index contributed by atoms with van der Waals surface area (Å²) in [6, 6.07) is 7.57. The van der Waals surface area contributed by atoms with Crippen molar-refractivity contribution < 1.29 is 4.39 Å². The fourth-order valence-electron chi connectivity index (χ4n) is 3.86. The summed E-state index contributed by atoms with van der Waals surface area (Å²) in [4.78, 5) is 9.46. The molecule has 2 saturated heterocycles. The van der Waals surface area contributed by atoms with Crippen LogP contribution in [0.15, 0.2) is 29.3 Å². The highest BCUT2D eigenvalue weighted by molar-refractivity contribution is 5.80. The Labute approximate surface area is 144 Å². The maximum absolute atomic E-state index is 13.2. The molecule has 0 spiro atoms. The second-order valence-electron chi connectivity index (χ2n) is 6.84. The first-order valence-electron chi connectivity index (χ1n) is 9.20. The molecule has 1 unspecified atom stereocenters. The van der Waals surface area contributed by atoms with Gasteiger partial charge in [-0.15, -0.1) is 0 Å². The predicted molar refractivity (Wildman–Crippen MR) is 96.9 cm³/mol. The molecule has 2 aliphatic heterocycles. The number of halogens is 1. The molecule has 24 heavy (non-hydrogen) atoms. The summed E-state index contributed by atoms with van der Waals surface area (Å²) >= 11 is 0. The largest absolute Gasteiger partial charge is 0.356 e. The van der Waals surface area contributed by atoms with Gasteiger partial charge < -0.3 is 10.2 Å². The molecule has 0 saturated carbocycles. The van der Waals surface area contributed by atoms with E-state index >= 15 is 0 Å². The third-order valence-corrected chi connectivity index (χ3v) is 5.15. The van der Waals surface area contributed by atoms with Crippen molar-refractivity contribution in [2.45, 2.75) is 38.1 Å². The number of aliphatic imine (C=N–C) groups is 1. The summed E-state index contributed by atoms with van der Waals surface area (Å²) in [5, 5.41) is 3.47. The zero-order valence-corrected chi connectivity index (χ0v) is 14.7. The number of benzene rings is 1. The van der Waals surface area contributed by atoms with Crippen LogP contribution in [0, 0.1) is 5.82 Å². The molecule has 0 bridgehead atoms. The minimum Gasteiger partial charge on any atom is -0.356 e. The lowest BCUT2D eigenvalue weighted by Gasteiger charge is -2.25. The van der Waals surface area contributed by atoms with Crippen LogP contribution in [0.3, 0.4) is 0 Å². The van der Waals surface area contributed by atoms with Gasteiger partial charge in [0.25, 0.3) is 0 Å². The van der Waals surface area contributed by atoms with Crippen molar-refractivity contribution in [3.8, 4) is 0 Å². The Kier molecular flexibility index (Phi) is 6.07. The van der Waals surface area contributed by atoms with Crippen LogP contribution in [0.25, 0.3) is 0 Å². The molecule has 2 fully saturated rings. The quantitative estimate of drug-likeness (QED) is 0.511. The van der Waals surface area contributed by atoms with Crippen LogP contribution in [-0.4, -0.2) is 61.6 Å². The second-order valence-corrected chi connectivity index (χ2v) is 6.84. The number of likely N-dealkylation sites (tertiary alicyclic amines) is 2. The summed E-state index contributed by atoms with van der Waals surface area (Å²) in [5.41, 5.74) is 1.06. The Morgan fingerprint density at radius 2 is 2.12 bits per heavy atom. The lowest BCUT2D eigenvalue weighted by molar-refractivity contribution is 0.249. The molecule has 0 radical (unpaired) electrons. The number of hydrogen-bond donors (Lipinski definition) is 1. The predicted octanol–water partition coefficient (Wildman–Crippen LogP) is 2.50. The summed E-state index contributed by atoms with van der Waals surface area (Å²) in [7, 11) is 1.86. The molecule has 132 valence electrons. The fraction of sp³-hybridized carbons (Fsp3) is 0.632. The van der Waals surface area contributed by atoms with Gasteiger partial charge in [0.1, 0.15) is 5.82 Å². The molecule has 3 rings (SSSR count). The highest BCUT2D eigenvalue weighted by atomic mass is 19.1. The number of guanidine groups is 1. The van der Waals surface area contributed by atoms with Gasteiger partial charge in [0.15, 0.2) is 5.96 Å². The lowest BCUT2D eigenvalue weighted by Crippen LogP contribution is -2.43. The molecule has 2 aliphatic rings. The number of hydrogen-bond acceptors (Lipinski definition) is 2. The van der Waals surface area contributed by atoms with Crippen molar-refractivity contribution in [3.05, 3.63) is 35.6 Å². The average Bonchev–Trinajstić information content (AvgIpc) is 3.26. The molecule has 0 aliphatic carbocycles. The number of nitrogens with zero attached hydrogens (tertiary/aromatic N) is 3. The molecule has 1 N–H and O–H groups in total. The smallest absolute Gasteiger partial charge is 0.193 e. The van der Waals surface area contributed by atoms with Crippen LogP contribution in [0.2, 0.25) is 0 Å². The Hall–Kier alpha value is -1.62. The monoisotopic (exact) mass is 332 g/mol. The van der Waals surface area contributed by atoms with E-state index < -0.39 is 0 Å². The Morgan fingerprint density at radius 1 is 1.29 bits per heavy atom. The molecule has 2 heterocycles. The SMILES string of the molecule is CN=C(NCCCc1cccc(F)c1)N1CCC(N2CCCC2)C1. The van der Waals surface area contributed by atoms with Crippen LogP contribution in [0.4, 0.5) is 4.39 Å². The summed E-state index contributed by atoms with van der Waals surface area (Å²) in [5.74, 6) is 0.859. The van der Waals surface area contributed by atoms with E-state index in [1.54, 1.807) is 12.1 Å². The van der Waals surface area contributed by atoms with Gasteiger partial charge in [-0.1, -0.05) is 12.1 Å². The summed E-state index contributed by atoms with van der Waals surface area (Å²) in [6.07, 6.45) is 5.81. The Bertz CT molecular complexity index is 554. The van der Waals surface area contributed by atoms with Gasteiger partial charge in [-0.3, -0.25) is 9.89 Å². The average molecular weight is 332 g/mol. The van der Waals surface area contributed by atoms with Crippen molar-refractivity contribution in [2.75, 3.05) is 39.8 Å². The topological polar surface area (TPSA) is 30.9 Å². The Morgan fingerprint density at radius 3 is 2.88 bits per heavy atom. The van der Waals surface area contributed by atoms with Crippen LogP contribution in [0.1, 0.15) is 31.2 Å². The van der Waals surface area contributed by atoms with Gasteiger partial charge in [-0.2, -0.15) is 0 Å². The highest BCUT2D eigenvalue weighted by Gasteiger charge is 2.30. The zero-order valence-electron chi connectivity index (χ0n) is 14.7. The third kappa shape index (κ3) is 4.47. The number of aryl methyl sites for hydroxylation is 1. The van der Waals surface area contributed by atoms with Crippen LogP contribution < -0.4 is 5.32 Å². The first-order chi connectivity index (χ1) is 11.8. The van der Waals surface area contributed by atoms with Gasteiger partial charge in [0.05, 0.1) is 0 Å². The van der Waals surface area contributed by atoms with Crippen molar-refractivity contribution in [2.24, 2.45) is 4.99 Å². The van der Waals surface area contributed by atoms with E-state index in [-0.39, 0.29) is 5.82 Å². The first kappa shape index (κ1) is 17.2. The van der Waals surface area contributed by atoms with Gasteiger partial charge in [-0.25, -0.2) is 4.39 Å². The maximum Gasteiger partial charge on any atom is 0.193 e. The highest BCUT2D eigenvalue weighted by Crippen LogP contribution is 2.20. The van der Waals surface area contributed by atoms with Gasteiger partial charge in [0, 0.05) is 32.7 Å². The van der Waals surface area contributed by atoms with Gasteiger partial charge in [-0.05, 0) is 62.9 Å². The Balaban J connectivity index is 1.40. The minimum absolute atomic E-state index is 0.152. The normalized spacial score (nSPS) is 22.3. The van der Waals surface area contributed by atoms with E-state index in [9.17, 15) is 4.39 Å².